The fourth-order valence-corrected chi connectivity index (χ4v) is 2.34. The molecule has 1 aromatic carbocycles. The van der Waals surface area contributed by atoms with E-state index >= 15 is 0 Å². The number of halogens is 1. The summed E-state index contributed by atoms with van der Waals surface area (Å²) < 4.78 is 6.11. The topological polar surface area (TPSA) is 33.4 Å². The Morgan fingerprint density at radius 3 is 2.80 bits per heavy atom. The molecule has 1 heterocycles. The van der Waals surface area contributed by atoms with Crippen LogP contribution in [-0.2, 0) is 5.75 Å². The van der Waals surface area contributed by atoms with Crippen molar-refractivity contribution in [1.82, 2.24) is 0 Å². The minimum atomic E-state index is 0.292. The third-order valence-electron chi connectivity index (χ3n) is 1.83. The number of rotatable bonds is 3. The van der Waals surface area contributed by atoms with Gasteiger partial charge in [-0.2, -0.15) is 0 Å². The van der Waals surface area contributed by atoms with Gasteiger partial charge in [0.05, 0.1) is 5.75 Å². The lowest BCUT2D eigenvalue weighted by Crippen LogP contribution is -1.75. The fraction of sp³-hybridized carbons (Fsp3) is 0.0909. The van der Waals surface area contributed by atoms with Gasteiger partial charge >= 0.3 is 0 Å². The predicted molar refractivity (Wildman–Crippen MR) is 64.1 cm³/mol. The summed E-state index contributed by atoms with van der Waals surface area (Å²) in [7, 11) is 0. The van der Waals surface area contributed by atoms with Crippen molar-refractivity contribution in [3.63, 3.8) is 0 Å². The molecule has 0 saturated carbocycles. The summed E-state index contributed by atoms with van der Waals surface area (Å²) in [6, 6.07) is 11.0. The van der Waals surface area contributed by atoms with Gasteiger partial charge in [-0.25, -0.2) is 0 Å². The lowest BCUT2D eigenvalue weighted by molar-refractivity contribution is 0.474. The quantitative estimate of drug-likeness (QED) is 0.864. The van der Waals surface area contributed by atoms with Crippen molar-refractivity contribution in [2.75, 3.05) is 0 Å². The summed E-state index contributed by atoms with van der Waals surface area (Å²) in [6.07, 6.45) is 0. The molecule has 2 nitrogen and oxygen atoms in total. The van der Waals surface area contributed by atoms with Gasteiger partial charge in [-0.1, -0.05) is 6.07 Å². The number of hydrogen-bond acceptors (Lipinski definition) is 3. The van der Waals surface area contributed by atoms with Gasteiger partial charge < -0.3 is 9.52 Å². The minimum absolute atomic E-state index is 0.292. The van der Waals surface area contributed by atoms with Crippen LogP contribution < -0.4 is 0 Å². The van der Waals surface area contributed by atoms with Crippen LogP contribution in [0.5, 0.6) is 5.75 Å². The van der Waals surface area contributed by atoms with Crippen molar-refractivity contribution in [2.24, 2.45) is 0 Å². The molecule has 0 saturated heterocycles. The first kappa shape index (κ1) is 10.6. The van der Waals surface area contributed by atoms with E-state index in [1.807, 2.05) is 24.3 Å². The Balaban J connectivity index is 1.99. The number of phenols is 1. The SMILES string of the molecule is Oc1cccc(SCc2ccc(Br)o2)c1. The summed E-state index contributed by atoms with van der Waals surface area (Å²) in [5.41, 5.74) is 0. The average molecular weight is 285 g/mol. The van der Waals surface area contributed by atoms with Crippen molar-refractivity contribution in [3.8, 4) is 5.75 Å². The molecule has 1 aromatic heterocycles. The molecule has 2 rings (SSSR count). The third kappa shape index (κ3) is 3.04. The Hall–Kier alpha value is -0.870. The maximum atomic E-state index is 9.27. The first-order valence-corrected chi connectivity index (χ1v) is 6.18. The highest BCUT2D eigenvalue weighted by Gasteiger charge is 2.01. The monoisotopic (exact) mass is 284 g/mol. The van der Waals surface area contributed by atoms with E-state index in [9.17, 15) is 5.11 Å². The molecule has 0 radical (unpaired) electrons. The molecule has 0 spiro atoms. The van der Waals surface area contributed by atoms with Crippen molar-refractivity contribution in [3.05, 3.63) is 46.8 Å². The number of benzene rings is 1. The van der Waals surface area contributed by atoms with Crippen molar-refractivity contribution in [2.45, 2.75) is 10.6 Å². The summed E-state index contributed by atoms with van der Waals surface area (Å²) in [5, 5.41) is 9.27. The largest absolute Gasteiger partial charge is 0.508 e. The first-order valence-electron chi connectivity index (χ1n) is 4.40. The predicted octanol–water partition coefficient (Wildman–Crippen LogP) is 4.04. The van der Waals surface area contributed by atoms with Crippen molar-refractivity contribution >= 4 is 27.7 Å². The molecule has 0 unspecified atom stereocenters. The van der Waals surface area contributed by atoms with Crippen LogP contribution in [0.4, 0.5) is 0 Å². The molecule has 2 aromatic rings. The average Bonchev–Trinajstić information content (AvgIpc) is 2.62. The van der Waals surface area contributed by atoms with E-state index in [0.717, 1.165) is 21.1 Å². The van der Waals surface area contributed by atoms with Gasteiger partial charge in [0.2, 0.25) is 0 Å². The Bertz CT molecular complexity index is 453. The van der Waals surface area contributed by atoms with E-state index in [0.29, 0.717) is 5.75 Å². The second-order valence-electron chi connectivity index (χ2n) is 2.99. The zero-order valence-electron chi connectivity index (χ0n) is 7.81. The van der Waals surface area contributed by atoms with Gasteiger partial charge in [-0.05, 0) is 46.3 Å². The Morgan fingerprint density at radius 2 is 2.13 bits per heavy atom. The maximum Gasteiger partial charge on any atom is 0.169 e. The second kappa shape index (κ2) is 4.77. The standard InChI is InChI=1S/C11H9BrO2S/c12-11-5-4-9(14-11)7-15-10-3-1-2-8(13)6-10/h1-6,13H,7H2. The summed E-state index contributed by atoms with van der Waals surface area (Å²) in [6.45, 7) is 0. The summed E-state index contributed by atoms with van der Waals surface area (Å²) in [4.78, 5) is 1.03. The van der Waals surface area contributed by atoms with Crippen LogP contribution in [0, 0.1) is 0 Å². The zero-order chi connectivity index (χ0) is 10.7. The lowest BCUT2D eigenvalue weighted by Gasteiger charge is -1.99. The fourth-order valence-electron chi connectivity index (χ4n) is 1.16. The van der Waals surface area contributed by atoms with Crippen LogP contribution in [-0.4, -0.2) is 5.11 Å². The molecule has 0 aliphatic carbocycles. The molecule has 1 N–H and O–H groups in total. The van der Waals surface area contributed by atoms with E-state index in [1.165, 1.54) is 0 Å². The van der Waals surface area contributed by atoms with Crippen LogP contribution in [0.2, 0.25) is 0 Å². The molecular weight excluding hydrogens is 276 g/mol. The van der Waals surface area contributed by atoms with E-state index in [1.54, 1.807) is 23.9 Å². The van der Waals surface area contributed by atoms with Gasteiger partial charge in [-0.3, -0.25) is 0 Å². The number of furan rings is 1. The Kier molecular flexibility index (Phi) is 3.38. The Morgan fingerprint density at radius 1 is 1.27 bits per heavy atom. The van der Waals surface area contributed by atoms with Gasteiger partial charge in [0, 0.05) is 4.90 Å². The molecule has 0 fully saturated rings. The molecule has 78 valence electrons. The van der Waals surface area contributed by atoms with E-state index in [4.69, 9.17) is 4.42 Å². The summed E-state index contributed by atoms with van der Waals surface area (Å²) >= 11 is 4.88. The molecular formula is C11H9BrO2S. The lowest BCUT2D eigenvalue weighted by atomic mass is 10.3. The van der Waals surface area contributed by atoms with Gasteiger partial charge in [0.15, 0.2) is 4.67 Å². The second-order valence-corrected chi connectivity index (χ2v) is 4.82. The van der Waals surface area contributed by atoms with E-state index < -0.39 is 0 Å². The maximum absolute atomic E-state index is 9.27. The van der Waals surface area contributed by atoms with Crippen LogP contribution in [0.1, 0.15) is 5.76 Å². The van der Waals surface area contributed by atoms with Crippen molar-refractivity contribution < 1.29 is 9.52 Å². The van der Waals surface area contributed by atoms with Crippen LogP contribution in [0.3, 0.4) is 0 Å². The van der Waals surface area contributed by atoms with Gasteiger partial charge in [0.25, 0.3) is 0 Å². The minimum Gasteiger partial charge on any atom is -0.508 e. The van der Waals surface area contributed by atoms with Gasteiger partial charge in [-0.15, -0.1) is 11.8 Å². The molecule has 15 heavy (non-hydrogen) atoms. The van der Waals surface area contributed by atoms with E-state index in [-0.39, 0.29) is 0 Å². The number of phenolic OH excluding ortho intramolecular Hbond substituents is 1. The molecule has 0 atom stereocenters. The highest BCUT2D eigenvalue weighted by molar-refractivity contribution is 9.10. The van der Waals surface area contributed by atoms with Gasteiger partial charge in [0.1, 0.15) is 11.5 Å². The number of thioether (sulfide) groups is 1. The Labute approximate surface area is 100 Å². The van der Waals surface area contributed by atoms with Crippen LogP contribution >= 0.6 is 27.7 Å². The number of aromatic hydroxyl groups is 1. The number of hydrogen-bond donors (Lipinski definition) is 1. The highest BCUT2D eigenvalue weighted by Crippen LogP contribution is 2.27. The molecule has 0 bridgehead atoms. The van der Waals surface area contributed by atoms with Crippen LogP contribution in [0.15, 0.2) is 50.4 Å². The zero-order valence-corrected chi connectivity index (χ0v) is 10.2. The molecule has 0 aliphatic heterocycles. The smallest absolute Gasteiger partial charge is 0.169 e. The van der Waals surface area contributed by atoms with E-state index in [2.05, 4.69) is 15.9 Å². The highest BCUT2D eigenvalue weighted by atomic mass is 79.9. The van der Waals surface area contributed by atoms with Crippen LogP contribution in [0.25, 0.3) is 0 Å². The first-order chi connectivity index (χ1) is 7.24. The molecule has 4 heteroatoms. The molecule has 0 aliphatic rings. The molecule has 0 amide bonds. The van der Waals surface area contributed by atoms with Crippen molar-refractivity contribution in [1.29, 1.82) is 0 Å². The third-order valence-corrected chi connectivity index (χ3v) is 3.27. The normalized spacial score (nSPS) is 10.5. The summed E-state index contributed by atoms with van der Waals surface area (Å²) in [5.74, 6) is 1.96.